The summed E-state index contributed by atoms with van der Waals surface area (Å²) in [6.07, 6.45) is 6.01. The molecule has 0 bridgehead atoms. The molecule has 0 radical (unpaired) electrons. The number of ether oxygens (including phenoxy) is 1. The van der Waals surface area contributed by atoms with E-state index in [0.29, 0.717) is 11.3 Å². The highest BCUT2D eigenvalue weighted by Crippen LogP contribution is 2.32. The van der Waals surface area contributed by atoms with E-state index < -0.39 is 5.97 Å². The van der Waals surface area contributed by atoms with Gasteiger partial charge in [-0.15, -0.1) is 0 Å². The average Bonchev–Trinajstić information content (AvgIpc) is 3.05. The molecule has 0 N–H and O–H groups in total. The Morgan fingerprint density at radius 3 is 3.00 bits per heavy atom. The van der Waals surface area contributed by atoms with Crippen LogP contribution in [0.3, 0.4) is 0 Å². The summed E-state index contributed by atoms with van der Waals surface area (Å²) >= 11 is 1.95. The zero-order valence-electron chi connectivity index (χ0n) is 11.7. The van der Waals surface area contributed by atoms with Gasteiger partial charge in [-0.05, 0) is 38.3 Å². The van der Waals surface area contributed by atoms with Crippen molar-refractivity contribution in [2.24, 2.45) is 0 Å². The molecule has 5 heteroatoms. The highest BCUT2D eigenvalue weighted by atomic mass is 32.2. The van der Waals surface area contributed by atoms with E-state index in [1.165, 1.54) is 26.4 Å². The minimum Gasteiger partial charge on any atom is -0.463 e. The van der Waals surface area contributed by atoms with Gasteiger partial charge in [0.15, 0.2) is 0 Å². The number of hydrogen-bond donors (Lipinski definition) is 0. The van der Waals surface area contributed by atoms with Crippen molar-refractivity contribution < 1.29 is 13.9 Å². The lowest BCUT2D eigenvalue weighted by Gasteiger charge is -2.27. The van der Waals surface area contributed by atoms with Crippen LogP contribution in [0, 0.1) is 0 Å². The van der Waals surface area contributed by atoms with E-state index in [0.717, 1.165) is 12.3 Å². The van der Waals surface area contributed by atoms with Gasteiger partial charge in [-0.2, -0.15) is 11.8 Å². The van der Waals surface area contributed by atoms with Crippen LogP contribution in [0.4, 0.5) is 0 Å². The van der Waals surface area contributed by atoms with Gasteiger partial charge in [0.2, 0.25) is 5.76 Å². The summed E-state index contributed by atoms with van der Waals surface area (Å²) in [5.74, 6) is 0.671. The first-order valence-electron chi connectivity index (χ1n) is 6.55. The van der Waals surface area contributed by atoms with Crippen molar-refractivity contribution in [2.75, 3.05) is 20.4 Å². The van der Waals surface area contributed by atoms with Crippen LogP contribution in [0.1, 0.15) is 35.6 Å². The SMILES string of the molecule is COC(=O)c1ccc(CN(C)[C@H]2CCC[C@@H]2SC)o1. The molecular formula is C14H21NO3S. The summed E-state index contributed by atoms with van der Waals surface area (Å²) < 4.78 is 10.2. The molecule has 1 aliphatic carbocycles. The molecule has 2 rings (SSSR count). The van der Waals surface area contributed by atoms with Crippen molar-refractivity contribution in [2.45, 2.75) is 37.1 Å². The summed E-state index contributed by atoms with van der Waals surface area (Å²) in [5.41, 5.74) is 0. The van der Waals surface area contributed by atoms with Gasteiger partial charge in [0.05, 0.1) is 13.7 Å². The van der Waals surface area contributed by atoms with E-state index >= 15 is 0 Å². The molecule has 1 fully saturated rings. The summed E-state index contributed by atoms with van der Waals surface area (Å²) in [5, 5.41) is 0.708. The Balaban J connectivity index is 1.96. The van der Waals surface area contributed by atoms with E-state index in [2.05, 4.69) is 22.9 Å². The highest BCUT2D eigenvalue weighted by molar-refractivity contribution is 7.99. The zero-order valence-corrected chi connectivity index (χ0v) is 12.5. The van der Waals surface area contributed by atoms with E-state index in [4.69, 9.17) is 4.42 Å². The smallest absolute Gasteiger partial charge is 0.373 e. The molecule has 0 saturated heterocycles. The van der Waals surface area contributed by atoms with Crippen molar-refractivity contribution in [3.05, 3.63) is 23.7 Å². The number of methoxy groups -OCH3 is 1. The summed E-state index contributed by atoms with van der Waals surface area (Å²) in [6, 6.07) is 4.13. The van der Waals surface area contributed by atoms with Crippen LogP contribution in [-0.4, -0.2) is 42.6 Å². The number of rotatable bonds is 5. The van der Waals surface area contributed by atoms with Crippen molar-refractivity contribution in [3.8, 4) is 0 Å². The van der Waals surface area contributed by atoms with Crippen molar-refractivity contribution in [3.63, 3.8) is 0 Å². The van der Waals surface area contributed by atoms with Crippen LogP contribution in [0.5, 0.6) is 0 Å². The molecule has 4 nitrogen and oxygen atoms in total. The van der Waals surface area contributed by atoms with Gasteiger partial charge < -0.3 is 9.15 Å². The third kappa shape index (κ3) is 3.34. The normalized spacial score (nSPS) is 22.9. The second-order valence-corrected chi connectivity index (χ2v) is 6.02. The third-order valence-electron chi connectivity index (χ3n) is 3.74. The molecule has 0 unspecified atom stereocenters. The number of furan rings is 1. The maximum atomic E-state index is 11.3. The van der Waals surface area contributed by atoms with Crippen molar-refractivity contribution in [1.82, 2.24) is 4.90 Å². The maximum absolute atomic E-state index is 11.3. The number of nitrogens with zero attached hydrogens (tertiary/aromatic N) is 1. The second kappa shape index (κ2) is 6.48. The quantitative estimate of drug-likeness (QED) is 0.777. The Kier molecular flexibility index (Phi) is 4.93. The topological polar surface area (TPSA) is 42.7 Å². The van der Waals surface area contributed by atoms with Gasteiger partial charge in [-0.3, -0.25) is 4.90 Å². The number of carbonyl (C=O) groups excluding carboxylic acids is 1. The van der Waals surface area contributed by atoms with E-state index in [1.807, 2.05) is 17.8 Å². The van der Waals surface area contributed by atoms with Gasteiger partial charge in [0, 0.05) is 11.3 Å². The fourth-order valence-electron chi connectivity index (χ4n) is 2.72. The van der Waals surface area contributed by atoms with Crippen LogP contribution in [0.15, 0.2) is 16.5 Å². The Morgan fingerprint density at radius 2 is 2.32 bits per heavy atom. The molecule has 106 valence electrons. The summed E-state index contributed by atoms with van der Waals surface area (Å²) in [7, 11) is 3.48. The van der Waals surface area contributed by atoms with Crippen molar-refractivity contribution in [1.29, 1.82) is 0 Å². The molecule has 19 heavy (non-hydrogen) atoms. The van der Waals surface area contributed by atoms with E-state index in [1.54, 1.807) is 6.07 Å². The minimum atomic E-state index is -0.420. The molecule has 1 aliphatic rings. The lowest BCUT2D eigenvalue weighted by atomic mass is 10.2. The van der Waals surface area contributed by atoms with Crippen LogP contribution >= 0.6 is 11.8 Å². The molecule has 0 aromatic carbocycles. The van der Waals surface area contributed by atoms with Crippen LogP contribution in [0.25, 0.3) is 0 Å². The average molecular weight is 283 g/mol. The third-order valence-corrected chi connectivity index (χ3v) is 4.90. The fraction of sp³-hybridized carbons (Fsp3) is 0.643. The predicted molar refractivity (Wildman–Crippen MR) is 76.5 cm³/mol. The fourth-order valence-corrected chi connectivity index (χ4v) is 3.78. The first-order valence-corrected chi connectivity index (χ1v) is 7.84. The zero-order chi connectivity index (χ0) is 13.8. The van der Waals surface area contributed by atoms with Crippen molar-refractivity contribution >= 4 is 17.7 Å². The van der Waals surface area contributed by atoms with Gasteiger partial charge in [-0.25, -0.2) is 4.79 Å². The summed E-state index contributed by atoms with van der Waals surface area (Å²) in [6.45, 7) is 0.735. The standard InChI is InChI=1S/C14H21NO3S/c1-15(11-5-4-6-13(11)19-3)9-10-7-8-12(18-10)14(16)17-2/h7-8,11,13H,4-6,9H2,1-3H3/t11-,13-/m0/s1. The molecule has 2 atom stereocenters. The molecule has 1 heterocycles. The molecule has 0 spiro atoms. The van der Waals surface area contributed by atoms with E-state index in [9.17, 15) is 4.79 Å². The molecule has 0 amide bonds. The molecule has 1 aromatic rings. The van der Waals surface area contributed by atoms with Crippen LogP contribution in [-0.2, 0) is 11.3 Å². The van der Waals surface area contributed by atoms with E-state index in [-0.39, 0.29) is 5.76 Å². The first-order chi connectivity index (χ1) is 9.15. The molecule has 1 saturated carbocycles. The Labute approximate surface area is 118 Å². The highest BCUT2D eigenvalue weighted by Gasteiger charge is 2.30. The lowest BCUT2D eigenvalue weighted by molar-refractivity contribution is 0.0561. The second-order valence-electron chi connectivity index (χ2n) is 4.95. The van der Waals surface area contributed by atoms with Gasteiger partial charge in [0.25, 0.3) is 0 Å². The summed E-state index contributed by atoms with van der Waals surface area (Å²) in [4.78, 5) is 13.7. The number of carbonyl (C=O) groups is 1. The lowest BCUT2D eigenvalue weighted by Crippen LogP contribution is -2.35. The largest absolute Gasteiger partial charge is 0.463 e. The Bertz CT molecular complexity index is 432. The Hall–Kier alpha value is -0.940. The Morgan fingerprint density at radius 1 is 1.53 bits per heavy atom. The molecule has 0 aliphatic heterocycles. The van der Waals surface area contributed by atoms with Crippen LogP contribution in [0.2, 0.25) is 0 Å². The van der Waals surface area contributed by atoms with Gasteiger partial charge >= 0.3 is 5.97 Å². The van der Waals surface area contributed by atoms with Gasteiger partial charge in [-0.1, -0.05) is 6.42 Å². The monoisotopic (exact) mass is 283 g/mol. The maximum Gasteiger partial charge on any atom is 0.373 e. The molecular weight excluding hydrogens is 262 g/mol. The predicted octanol–water partition coefficient (Wildman–Crippen LogP) is 2.78. The van der Waals surface area contributed by atoms with Gasteiger partial charge in [0.1, 0.15) is 5.76 Å². The first kappa shape index (κ1) is 14.5. The molecule has 1 aromatic heterocycles. The minimum absolute atomic E-state index is 0.277. The number of hydrogen-bond acceptors (Lipinski definition) is 5. The number of esters is 1. The van der Waals surface area contributed by atoms with Crippen LogP contribution < -0.4 is 0 Å². The number of thioether (sulfide) groups is 1.